The monoisotopic (exact) mass is 395 g/mol. The maximum atomic E-state index is 13.6. The molecule has 1 aromatic carbocycles. The Kier molecular flexibility index (Phi) is 4.77. The van der Waals surface area contributed by atoms with Crippen LogP contribution in [0.25, 0.3) is 10.9 Å². The van der Waals surface area contributed by atoms with Gasteiger partial charge in [-0.05, 0) is 44.0 Å². The number of aryl methyl sites for hydroxylation is 2. The smallest absolute Gasteiger partial charge is 0.257 e. The van der Waals surface area contributed by atoms with Crippen molar-refractivity contribution in [1.29, 1.82) is 0 Å². The van der Waals surface area contributed by atoms with Crippen molar-refractivity contribution in [2.45, 2.75) is 25.7 Å². The van der Waals surface area contributed by atoms with E-state index in [1.165, 1.54) is 12.1 Å². The average molecular weight is 395 g/mol. The van der Waals surface area contributed by atoms with E-state index in [4.69, 9.17) is 5.73 Å². The van der Waals surface area contributed by atoms with Gasteiger partial charge in [0.25, 0.3) is 11.8 Å². The molecule has 7 nitrogen and oxygen atoms in total. The lowest BCUT2D eigenvalue weighted by atomic mass is 9.90. The second-order valence-corrected chi connectivity index (χ2v) is 7.51. The zero-order valence-electron chi connectivity index (χ0n) is 16.4. The molecule has 1 fully saturated rings. The first-order chi connectivity index (χ1) is 13.8. The molecule has 2 aromatic heterocycles. The summed E-state index contributed by atoms with van der Waals surface area (Å²) in [5.74, 6) is -1.21. The quantitative estimate of drug-likeness (QED) is 0.737. The SMILES string of the molecule is Cc1nn(C)cc1C(=O)N1CCC[C@@H](c2nc3ccc(F)cc3cc2C(N)=O)C1. The third-order valence-corrected chi connectivity index (χ3v) is 5.41. The van der Waals surface area contributed by atoms with Crippen LogP contribution in [0.3, 0.4) is 0 Å². The Labute approximate surface area is 167 Å². The number of halogens is 1. The summed E-state index contributed by atoms with van der Waals surface area (Å²) in [6, 6.07) is 5.85. The van der Waals surface area contributed by atoms with Crippen LogP contribution >= 0.6 is 0 Å². The summed E-state index contributed by atoms with van der Waals surface area (Å²) < 4.78 is 15.2. The van der Waals surface area contributed by atoms with Crippen LogP contribution in [0.4, 0.5) is 4.39 Å². The van der Waals surface area contributed by atoms with Gasteiger partial charge in [-0.3, -0.25) is 19.3 Å². The number of carbonyl (C=O) groups excluding carboxylic acids is 2. The summed E-state index contributed by atoms with van der Waals surface area (Å²) in [6.07, 6.45) is 3.30. The fourth-order valence-corrected chi connectivity index (χ4v) is 4.04. The maximum Gasteiger partial charge on any atom is 0.257 e. The molecule has 2 N–H and O–H groups in total. The standard InChI is InChI=1S/C21H22FN5O2/c1-12-17(11-26(2)25-12)21(29)27-7-3-4-13(10-27)19-16(20(23)28)9-14-8-15(22)5-6-18(14)24-19/h5-6,8-9,11,13H,3-4,7,10H2,1-2H3,(H2,23,28)/t13-/m1/s1. The molecule has 1 atom stereocenters. The molecular weight excluding hydrogens is 373 g/mol. The van der Waals surface area contributed by atoms with Crippen molar-refractivity contribution in [2.24, 2.45) is 12.8 Å². The number of primary amides is 1. The molecule has 2 amide bonds. The number of nitrogens with two attached hydrogens (primary N) is 1. The van der Waals surface area contributed by atoms with Gasteiger partial charge in [0.1, 0.15) is 5.82 Å². The Morgan fingerprint density at radius 1 is 1.24 bits per heavy atom. The van der Waals surface area contributed by atoms with Crippen molar-refractivity contribution in [3.63, 3.8) is 0 Å². The zero-order chi connectivity index (χ0) is 20.7. The summed E-state index contributed by atoms with van der Waals surface area (Å²) in [6.45, 7) is 2.88. The van der Waals surface area contributed by atoms with E-state index in [1.807, 2.05) is 6.92 Å². The fraction of sp³-hybridized carbons (Fsp3) is 0.333. The minimum atomic E-state index is -0.606. The Hall–Kier alpha value is -3.29. The van der Waals surface area contributed by atoms with Crippen LogP contribution in [0.2, 0.25) is 0 Å². The Bertz CT molecular complexity index is 1120. The molecule has 29 heavy (non-hydrogen) atoms. The first-order valence-electron chi connectivity index (χ1n) is 9.53. The van der Waals surface area contributed by atoms with E-state index in [1.54, 1.807) is 35.0 Å². The fourth-order valence-electron chi connectivity index (χ4n) is 4.04. The van der Waals surface area contributed by atoms with E-state index < -0.39 is 11.7 Å². The molecular formula is C21H22FN5O2. The molecule has 1 saturated heterocycles. The van der Waals surface area contributed by atoms with Gasteiger partial charge in [0, 0.05) is 37.6 Å². The molecule has 1 aliphatic rings. The molecule has 0 spiro atoms. The van der Waals surface area contributed by atoms with E-state index in [0.717, 1.165) is 12.8 Å². The van der Waals surface area contributed by atoms with Crippen molar-refractivity contribution < 1.29 is 14.0 Å². The number of rotatable bonds is 3. The van der Waals surface area contributed by atoms with Gasteiger partial charge in [-0.2, -0.15) is 5.10 Å². The second kappa shape index (κ2) is 7.27. The average Bonchev–Trinajstić information content (AvgIpc) is 3.04. The van der Waals surface area contributed by atoms with Crippen LogP contribution < -0.4 is 5.73 Å². The molecule has 0 unspecified atom stereocenters. The van der Waals surface area contributed by atoms with E-state index in [2.05, 4.69) is 10.1 Å². The van der Waals surface area contributed by atoms with E-state index in [-0.39, 0.29) is 17.4 Å². The number of likely N-dealkylation sites (tertiary alicyclic amines) is 1. The third-order valence-electron chi connectivity index (χ3n) is 5.41. The molecule has 3 aromatic rings. The molecule has 4 rings (SSSR count). The molecule has 0 aliphatic carbocycles. The van der Waals surface area contributed by atoms with Gasteiger partial charge >= 0.3 is 0 Å². The first-order valence-corrected chi connectivity index (χ1v) is 9.53. The number of nitrogens with zero attached hydrogens (tertiary/aromatic N) is 4. The third kappa shape index (κ3) is 3.57. The second-order valence-electron chi connectivity index (χ2n) is 7.51. The molecule has 150 valence electrons. The van der Waals surface area contributed by atoms with Crippen LogP contribution in [-0.2, 0) is 7.05 Å². The number of carbonyl (C=O) groups is 2. The van der Waals surface area contributed by atoms with Crippen LogP contribution in [0.5, 0.6) is 0 Å². The lowest BCUT2D eigenvalue weighted by molar-refractivity contribution is 0.0705. The van der Waals surface area contributed by atoms with Gasteiger partial charge in [-0.25, -0.2) is 4.39 Å². The van der Waals surface area contributed by atoms with Crippen molar-refractivity contribution in [3.05, 3.63) is 58.8 Å². The molecule has 1 aliphatic heterocycles. The molecule has 0 bridgehead atoms. The van der Waals surface area contributed by atoms with Crippen molar-refractivity contribution in [2.75, 3.05) is 13.1 Å². The highest BCUT2D eigenvalue weighted by Gasteiger charge is 2.30. The van der Waals surface area contributed by atoms with Crippen LogP contribution in [0.1, 0.15) is 50.9 Å². The Morgan fingerprint density at radius 2 is 2.03 bits per heavy atom. The number of hydrogen-bond acceptors (Lipinski definition) is 4. The van der Waals surface area contributed by atoms with E-state index in [9.17, 15) is 14.0 Å². The maximum absolute atomic E-state index is 13.6. The van der Waals surface area contributed by atoms with Gasteiger partial charge < -0.3 is 10.6 Å². The minimum Gasteiger partial charge on any atom is -0.366 e. The highest BCUT2D eigenvalue weighted by Crippen LogP contribution is 2.31. The summed E-state index contributed by atoms with van der Waals surface area (Å²) >= 11 is 0. The first kappa shape index (κ1) is 19.0. The number of amides is 2. The zero-order valence-corrected chi connectivity index (χ0v) is 16.4. The highest BCUT2D eigenvalue weighted by molar-refractivity contribution is 5.98. The van der Waals surface area contributed by atoms with Gasteiger partial charge in [-0.15, -0.1) is 0 Å². The molecule has 0 radical (unpaired) electrons. The summed E-state index contributed by atoms with van der Waals surface area (Å²) in [4.78, 5) is 31.5. The van der Waals surface area contributed by atoms with Crippen LogP contribution in [-0.4, -0.2) is 44.6 Å². The predicted molar refractivity (Wildman–Crippen MR) is 106 cm³/mol. The summed E-state index contributed by atoms with van der Waals surface area (Å²) in [5, 5.41) is 4.77. The van der Waals surface area contributed by atoms with E-state index in [0.29, 0.717) is 40.9 Å². The van der Waals surface area contributed by atoms with Crippen molar-refractivity contribution in [1.82, 2.24) is 19.7 Å². The minimum absolute atomic E-state index is 0.0798. The number of pyridine rings is 1. The van der Waals surface area contributed by atoms with Crippen molar-refractivity contribution in [3.8, 4) is 0 Å². The Balaban J connectivity index is 1.69. The lowest BCUT2D eigenvalue weighted by Gasteiger charge is -2.33. The van der Waals surface area contributed by atoms with Crippen molar-refractivity contribution >= 4 is 22.7 Å². The van der Waals surface area contributed by atoms with Gasteiger partial charge in [0.05, 0.1) is 28.0 Å². The summed E-state index contributed by atoms with van der Waals surface area (Å²) in [5.41, 5.74) is 8.29. The normalized spacial score (nSPS) is 16.9. The number of aromatic nitrogens is 3. The van der Waals surface area contributed by atoms with Crippen LogP contribution in [0, 0.1) is 12.7 Å². The van der Waals surface area contributed by atoms with E-state index >= 15 is 0 Å². The molecule has 8 heteroatoms. The lowest BCUT2D eigenvalue weighted by Crippen LogP contribution is -2.40. The van der Waals surface area contributed by atoms with Gasteiger partial charge in [0.15, 0.2) is 0 Å². The number of piperidine rings is 1. The number of benzene rings is 1. The van der Waals surface area contributed by atoms with Gasteiger partial charge in [0.2, 0.25) is 0 Å². The topological polar surface area (TPSA) is 94.1 Å². The number of hydrogen-bond donors (Lipinski definition) is 1. The Morgan fingerprint density at radius 3 is 2.72 bits per heavy atom. The molecule has 0 saturated carbocycles. The number of fused-ring (bicyclic) bond motifs is 1. The summed E-state index contributed by atoms with van der Waals surface area (Å²) in [7, 11) is 1.78. The van der Waals surface area contributed by atoms with Crippen LogP contribution in [0.15, 0.2) is 30.5 Å². The van der Waals surface area contributed by atoms with Gasteiger partial charge in [-0.1, -0.05) is 0 Å². The highest BCUT2D eigenvalue weighted by atomic mass is 19.1. The predicted octanol–water partition coefficient (Wildman–Crippen LogP) is 2.53. The largest absolute Gasteiger partial charge is 0.366 e. The molecule has 3 heterocycles.